The molecule has 0 amide bonds. The first kappa shape index (κ1) is 7.94. The van der Waals surface area contributed by atoms with E-state index in [4.69, 9.17) is 11.5 Å². The summed E-state index contributed by atoms with van der Waals surface area (Å²) in [4.78, 5) is 7.53. The minimum Gasteiger partial charge on any atom is -0.388 e. The van der Waals surface area contributed by atoms with Crippen molar-refractivity contribution >= 4 is 11.7 Å². The second-order valence-corrected chi connectivity index (χ2v) is 1.67. The highest BCUT2D eigenvalue weighted by Gasteiger charge is 1.84. The van der Waals surface area contributed by atoms with Gasteiger partial charge in [-0.2, -0.15) is 0 Å². The van der Waals surface area contributed by atoms with Crippen molar-refractivity contribution in [1.82, 2.24) is 0 Å². The van der Waals surface area contributed by atoms with Crippen LogP contribution in [0.1, 0.15) is 6.92 Å². The lowest BCUT2D eigenvalue weighted by molar-refractivity contribution is 1.21. The summed E-state index contributed by atoms with van der Waals surface area (Å²) in [5, 5.41) is 0. The Morgan fingerprint density at radius 3 is 2.33 bits per heavy atom. The molecule has 4 heteroatoms. The van der Waals surface area contributed by atoms with E-state index in [9.17, 15) is 0 Å². The molecule has 0 rings (SSSR count). The highest BCUT2D eigenvalue weighted by molar-refractivity contribution is 5.86. The summed E-state index contributed by atoms with van der Waals surface area (Å²) in [7, 11) is 1.62. The Balaban J connectivity index is 3.64. The van der Waals surface area contributed by atoms with Gasteiger partial charge in [-0.1, -0.05) is 0 Å². The summed E-state index contributed by atoms with van der Waals surface area (Å²) < 4.78 is 0. The zero-order valence-electron chi connectivity index (χ0n) is 5.76. The Hall–Kier alpha value is -1.06. The number of hydrogen-bond acceptors (Lipinski definition) is 2. The lowest BCUT2D eigenvalue weighted by Gasteiger charge is -1.92. The van der Waals surface area contributed by atoms with E-state index in [0.717, 1.165) is 0 Å². The SMILES string of the molecule is CN=C(N)CN=C(C)N. The van der Waals surface area contributed by atoms with Crippen molar-refractivity contribution in [2.75, 3.05) is 13.6 Å². The highest BCUT2D eigenvalue weighted by atomic mass is 14.9. The average Bonchev–Trinajstić information content (AvgIpc) is 1.83. The molecule has 0 spiro atoms. The van der Waals surface area contributed by atoms with Crippen LogP contribution in [0.2, 0.25) is 0 Å². The molecule has 4 nitrogen and oxygen atoms in total. The lowest BCUT2D eigenvalue weighted by Crippen LogP contribution is -2.17. The Morgan fingerprint density at radius 2 is 2.00 bits per heavy atom. The number of hydrogen-bond donors (Lipinski definition) is 2. The van der Waals surface area contributed by atoms with Crippen LogP contribution in [0, 0.1) is 0 Å². The number of nitrogens with two attached hydrogens (primary N) is 2. The van der Waals surface area contributed by atoms with Crippen molar-refractivity contribution in [3.05, 3.63) is 0 Å². The monoisotopic (exact) mass is 128 g/mol. The molecule has 0 aromatic heterocycles. The van der Waals surface area contributed by atoms with Crippen LogP contribution in [0.5, 0.6) is 0 Å². The maximum atomic E-state index is 5.31. The van der Waals surface area contributed by atoms with Gasteiger partial charge in [-0.15, -0.1) is 0 Å². The molecule has 0 aromatic rings. The van der Waals surface area contributed by atoms with Crippen LogP contribution in [0.25, 0.3) is 0 Å². The maximum absolute atomic E-state index is 5.31. The molecule has 0 atom stereocenters. The van der Waals surface area contributed by atoms with Gasteiger partial charge < -0.3 is 11.5 Å². The van der Waals surface area contributed by atoms with E-state index in [0.29, 0.717) is 18.2 Å². The molecule has 0 unspecified atom stereocenters. The van der Waals surface area contributed by atoms with E-state index in [-0.39, 0.29) is 0 Å². The third-order valence-electron chi connectivity index (χ3n) is 0.778. The molecule has 0 bridgehead atoms. The lowest BCUT2D eigenvalue weighted by atomic mass is 10.6. The molecule has 0 aliphatic heterocycles. The predicted molar refractivity (Wildman–Crippen MR) is 39.7 cm³/mol. The quantitative estimate of drug-likeness (QED) is 0.383. The zero-order chi connectivity index (χ0) is 7.28. The van der Waals surface area contributed by atoms with Gasteiger partial charge in [0.25, 0.3) is 0 Å². The highest BCUT2D eigenvalue weighted by Crippen LogP contribution is 1.70. The van der Waals surface area contributed by atoms with Crippen molar-refractivity contribution in [3.8, 4) is 0 Å². The van der Waals surface area contributed by atoms with Crippen LogP contribution in [-0.2, 0) is 0 Å². The van der Waals surface area contributed by atoms with Gasteiger partial charge in [0.1, 0.15) is 5.84 Å². The smallest absolute Gasteiger partial charge is 0.115 e. The second-order valence-electron chi connectivity index (χ2n) is 1.67. The molecule has 0 aromatic carbocycles. The van der Waals surface area contributed by atoms with E-state index < -0.39 is 0 Å². The predicted octanol–water partition coefficient (Wildman–Crippen LogP) is -0.649. The van der Waals surface area contributed by atoms with Gasteiger partial charge in [0.2, 0.25) is 0 Å². The Labute approximate surface area is 54.7 Å². The Kier molecular flexibility index (Phi) is 3.43. The molecule has 0 saturated heterocycles. The first-order chi connectivity index (χ1) is 4.16. The molecule has 9 heavy (non-hydrogen) atoms. The molecule has 0 saturated carbocycles. The Morgan fingerprint density at radius 1 is 1.44 bits per heavy atom. The molecule has 0 heterocycles. The number of rotatable bonds is 2. The summed E-state index contributed by atoms with van der Waals surface area (Å²) in [6.45, 7) is 2.11. The number of nitrogens with zero attached hydrogens (tertiary/aromatic N) is 2. The molecule has 0 fully saturated rings. The van der Waals surface area contributed by atoms with Crippen molar-refractivity contribution < 1.29 is 0 Å². The van der Waals surface area contributed by atoms with E-state index >= 15 is 0 Å². The topological polar surface area (TPSA) is 76.8 Å². The van der Waals surface area contributed by atoms with Crippen LogP contribution in [0.15, 0.2) is 9.98 Å². The van der Waals surface area contributed by atoms with Gasteiger partial charge in [0.15, 0.2) is 0 Å². The molecular formula is C5H12N4. The third kappa shape index (κ3) is 4.80. The zero-order valence-corrected chi connectivity index (χ0v) is 5.76. The normalized spacial score (nSPS) is 14.0. The minimum atomic E-state index is 0.402. The number of amidine groups is 2. The standard InChI is InChI=1S/C5H12N4/c1-4(6)9-3-5(7)8-2/h3H2,1-2H3,(H2,6,9)(H2,7,8). The fraction of sp³-hybridized carbons (Fsp3) is 0.600. The van der Waals surface area contributed by atoms with Crippen molar-refractivity contribution in [2.24, 2.45) is 21.5 Å². The van der Waals surface area contributed by atoms with Gasteiger partial charge in [-0.05, 0) is 6.92 Å². The van der Waals surface area contributed by atoms with Crippen molar-refractivity contribution in [1.29, 1.82) is 0 Å². The average molecular weight is 128 g/mol. The molecule has 0 aliphatic carbocycles. The largest absolute Gasteiger partial charge is 0.388 e. The van der Waals surface area contributed by atoms with Crippen molar-refractivity contribution in [2.45, 2.75) is 6.92 Å². The first-order valence-corrected chi connectivity index (χ1v) is 2.64. The fourth-order valence-corrected chi connectivity index (χ4v) is 0.276. The summed E-state index contributed by atoms with van der Waals surface area (Å²) in [5.41, 5.74) is 10.5. The third-order valence-corrected chi connectivity index (χ3v) is 0.778. The molecule has 0 radical (unpaired) electrons. The minimum absolute atomic E-state index is 0.402. The molecule has 4 N–H and O–H groups in total. The summed E-state index contributed by atoms with van der Waals surface area (Å²) in [6, 6.07) is 0. The number of aliphatic imine (C=N–C) groups is 2. The van der Waals surface area contributed by atoms with Gasteiger partial charge in [0, 0.05) is 7.05 Å². The second kappa shape index (κ2) is 3.88. The van der Waals surface area contributed by atoms with Gasteiger partial charge in [-0.25, -0.2) is 0 Å². The molecular weight excluding hydrogens is 116 g/mol. The summed E-state index contributed by atoms with van der Waals surface area (Å²) in [6.07, 6.45) is 0. The van der Waals surface area contributed by atoms with E-state index in [1.165, 1.54) is 0 Å². The van der Waals surface area contributed by atoms with Crippen molar-refractivity contribution in [3.63, 3.8) is 0 Å². The molecule has 0 aliphatic rings. The first-order valence-electron chi connectivity index (χ1n) is 2.64. The van der Waals surface area contributed by atoms with Crippen LogP contribution >= 0.6 is 0 Å². The fourth-order valence-electron chi connectivity index (χ4n) is 0.276. The van der Waals surface area contributed by atoms with E-state index in [1.54, 1.807) is 14.0 Å². The van der Waals surface area contributed by atoms with Gasteiger partial charge in [-0.3, -0.25) is 9.98 Å². The van der Waals surface area contributed by atoms with Crippen LogP contribution in [-0.4, -0.2) is 25.3 Å². The summed E-state index contributed by atoms with van der Waals surface area (Å²) >= 11 is 0. The maximum Gasteiger partial charge on any atom is 0.115 e. The van der Waals surface area contributed by atoms with Crippen LogP contribution in [0.3, 0.4) is 0 Å². The summed E-state index contributed by atoms with van der Waals surface area (Å²) in [5.74, 6) is 1.03. The van der Waals surface area contributed by atoms with Gasteiger partial charge in [0.05, 0.1) is 12.4 Å². The van der Waals surface area contributed by atoms with Crippen LogP contribution < -0.4 is 11.5 Å². The Bertz CT molecular complexity index is 132. The van der Waals surface area contributed by atoms with Gasteiger partial charge >= 0.3 is 0 Å². The van der Waals surface area contributed by atoms with Crippen LogP contribution in [0.4, 0.5) is 0 Å². The van der Waals surface area contributed by atoms with E-state index in [1.807, 2.05) is 0 Å². The van der Waals surface area contributed by atoms with E-state index in [2.05, 4.69) is 9.98 Å². The molecule has 52 valence electrons.